The van der Waals surface area contributed by atoms with Gasteiger partial charge in [-0.3, -0.25) is 9.59 Å². The first kappa shape index (κ1) is 15.4. The fourth-order valence-corrected chi connectivity index (χ4v) is 1.88. The third-order valence-corrected chi connectivity index (χ3v) is 2.79. The van der Waals surface area contributed by atoms with Crippen LogP contribution in [0.1, 0.15) is 55.1 Å². The van der Waals surface area contributed by atoms with Crippen LogP contribution in [-0.2, 0) is 4.79 Å². The first-order valence-corrected chi connectivity index (χ1v) is 6.60. The molecule has 19 heavy (non-hydrogen) atoms. The molecule has 0 aromatic heterocycles. The number of ketones is 1. The van der Waals surface area contributed by atoms with Crippen LogP contribution in [0.25, 0.3) is 0 Å². The zero-order chi connectivity index (χ0) is 14.6. The average molecular weight is 261 g/mol. The van der Waals surface area contributed by atoms with Gasteiger partial charge in [0.2, 0.25) is 5.91 Å². The van der Waals surface area contributed by atoms with Crippen LogP contribution in [0, 0.1) is 13.8 Å². The molecule has 0 bridgehead atoms. The molecule has 1 amide bonds. The zero-order valence-electron chi connectivity index (χ0n) is 12.5. The van der Waals surface area contributed by atoms with Gasteiger partial charge >= 0.3 is 0 Å². The van der Waals surface area contributed by atoms with Crippen LogP contribution in [0.4, 0.5) is 0 Å². The van der Waals surface area contributed by atoms with Gasteiger partial charge in [-0.15, -0.1) is 0 Å². The Kier molecular flexibility index (Phi) is 4.87. The summed E-state index contributed by atoms with van der Waals surface area (Å²) in [5.74, 6) is -0.0450. The van der Waals surface area contributed by atoms with Crippen LogP contribution < -0.4 is 5.32 Å². The molecule has 3 heteroatoms. The predicted molar refractivity (Wildman–Crippen MR) is 77.4 cm³/mol. The molecule has 3 nitrogen and oxygen atoms in total. The van der Waals surface area contributed by atoms with Gasteiger partial charge in [-0.1, -0.05) is 17.7 Å². The van der Waals surface area contributed by atoms with Crippen LogP contribution in [0.2, 0.25) is 0 Å². The lowest BCUT2D eigenvalue weighted by atomic mass is 9.99. The Morgan fingerprint density at radius 2 is 1.74 bits per heavy atom. The van der Waals surface area contributed by atoms with Crippen molar-refractivity contribution in [2.24, 2.45) is 0 Å². The monoisotopic (exact) mass is 261 g/mol. The van der Waals surface area contributed by atoms with Crippen molar-refractivity contribution in [2.75, 3.05) is 0 Å². The number of aryl methyl sites for hydroxylation is 2. The largest absolute Gasteiger partial charge is 0.351 e. The van der Waals surface area contributed by atoms with Gasteiger partial charge < -0.3 is 5.32 Å². The molecule has 1 aromatic rings. The second-order valence-corrected chi connectivity index (χ2v) is 6.04. The number of carbonyl (C=O) groups excluding carboxylic acids is 2. The van der Waals surface area contributed by atoms with E-state index in [0.29, 0.717) is 0 Å². The summed E-state index contributed by atoms with van der Waals surface area (Å²) in [5, 5.41) is 2.86. The molecule has 0 aliphatic heterocycles. The second-order valence-electron chi connectivity index (χ2n) is 6.04. The normalized spacial score (nSPS) is 11.2. The molecule has 0 spiro atoms. The summed E-state index contributed by atoms with van der Waals surface area (Å²) in [5.41, 5.74) is 2.50. The SMILES string of the molecule is Cc1ccc(C)c(C(=O)CCC(=O)NC(C)(C)C)c1. The number of Topliss-reactive ketones (excluding diaryl/α,β-unsaturated/α-hetero) is 1. The number of hydrogen-bond donors (Lipinski definition) is 1. The van der Waals surface area contributed by atoms with Crippen molar-refractivity contribution in [3.05, 3.63) is 34.9 Å². The van der Waals surface area contributed by atoms with Gasteiger partial charge in [-0.05, 0) is 46.2 Å². The summed E-state index contributed by atoms with van der Waals surface area (Å²) in [6.45, 7) is 9.66. The van der Waals surface area contributed by atoms with Gasteiger partial charge in [0.1, 0.15) is 0 Å². The lowest BCUT2D eigenvalue weighted by Gasteiger charge is -2.20. The Bertz CT molecular complexity index is 484. The summed E-state index contributed by atoms with van der Waals surface area (Å²) in [6, 6.07) is 5.82. The molecule has 0 fully saturated rings. The Labute approximate surface area is 115 Å². The summed E-state index contributed by atoms with van der Waals surface area (Å²) >= 11 is 0. The smallest absolute Gasteiger partial charge is 0.220 e. The van der Waals surface area contributed by atoms with Crippen molar-refractivity contribution in [1.82, 2.24) is 5.32 Å². The van der Waals surface area contributed by atoms with E-state index in [1.807, 2.05) is 52.8 Å². The molecule has 1 rings (SSSR count). The van der Waals surface area contributed by atoms with Crippen LogP contribution in [-0.4, -0.2) is 17.2 Å². The highest BCUT2D eigenvalue weighted by molar-refractivity contribution is 5.99. The Morgan fingerprint density at radius 1 is 1.11 bits per heavy atom. The van der Waals surface area contributed by atoms with Gasteiger partial charge in [0.15, 0.2) is 5.78 Å². The van der Waals surface area contributed by atoms with Crippen LogP contribution in [0.3, 0.4) is 0 Å². The quantitative estimate of drug-likeness (QED) is 0.846. The standard InChI is InChI=1S/C16H23NO2/c1-11-6-7-12(2)13(10-11)14(18)8-9-15(19)17-16(3,4)5/h6-7,10H,8-9H2,1-5H3,(H,17,19). The molecule has 0 aliphatic carbocycles. The molecule has 0 saturated carbocycles. The van der Waals surface area contributed by atoms with Crippen molar-refractivity contribution in [2.45, 2.75) is 53.0 Å². The minimum absolute atomic E-state index is 0.0326. The number of rotatable bonds is 4. The molecule has 0 heterocycles. The second kappa shape index (κ2) is 6.00. The van der Waals surface area contributed by atoms with Crippen molar-refractivity contribution in [3.63, 3.8) is 0 Å². The fraction of sp³-hybridized carbons (Fsp3) is 0.500. The molecule has 0 radical (unpaired) electrons. The molecule has 0 unspecified atom stereocenters. The first-order valence-electron chi connectivity index (χ1n) is 6.60. The third-order valence-electron chi connectivity index (χ3n) is 2.79. The minimum Gasteiger partial charge on any atom is -0.351 e. The maximum absolute atomic E-state index is 12.1. The minimum atomic E-state index is -0.251. The summed E-state index contributed by atoms with van der Waals surface area (Å²) < 4.78 is 0. The van der Waals surface area contributed by atoms with Crippen LogP contribution in [0.15, 0.2) is 18.2 Å². The number of benzene rings is 1. The van der Waals surface area contributed by atoms with E-state index in [2.05, 4.69) is 5.32 Å². The van der Waals surface area contributed by atoms with Gasteiger partial charge in [-0.2, -0.15) is 0 Å². The predicted octanol–water partition coefficient (Wildman–Crippen LogP) is 3.18. The van der Waals surface area contributed by atoms with E-state index in [9.17, 15) is 9.59 Å². The molecular formula is C16H23NO2. The summed E-state index contributed by atoms with van der Waals surface area (Å²) in [4.78, 5) is 23.8. The fourth-order valence-electron chi connectivity index (χ4n) is 1.88. The lowest BCUT2D eigenvalue weighted by molar-refractivity contribution is -0.122. The Hall–Kier alpha value is -1.64. The van der Waals surface area contributed by atoms with Gasteiger partial charge in [0, 0.05) is 23.9 Å². The topological polar surface area (TPSA) is 46.2 Å². The van der Waals surface area contributed by atoms with Gasteiger partial charge in [0.05, 0.1) is 0 Å². The van der Waals surface area contributed by atoms with E-state index in [4.69, 9.17) is 0 Å². The Morgan fingerprint density at radius 3 is 2.32 bits per heavy atom. The van der Waals surface area contributed by atoms with Crippen molar-refractivity contribution in [3.8, 4) is 0 Å². The van der Waals surface area contributed by atoms with Gasteiger partial charge in [-0.25, -0.2) is 0 Å². The molecule has 0 aliphatic rings. The summed E-state index contributed by atoms with van der Waals surface area (Å²) in [7, 11) is 0. The number of hydrogen-bond acceptors (Lipinski definition) is 2. The van der Waals surface area contributed by atoms with Crippen LogP contribution in [0.5, 0.6) is 0 Å². The third kappa shape index (κ3) is 5.25. The number of nitrogens with one attached hydrogen (secondary N) is 1. The highest BCUT2D eigenvalue weighted by Crippen LogP contribution is 2.14. The molecule has 104 valence electrons. The Balaban J connectivity index is 2.61. The van der Waals surface area contributed by atoms with E-state index in [-0.39, 0.29) is 30.1 Å². The van der Waals surface area contributed by atoms with E-state index in [0.717, 1.165) is 16.7 Å². The maximum Gasteiger partial charge on any atom is 0.220 e. The van der Waals surface area contributed by atoms with E-state index >= 15 is 0 Å². The van der Waals surface area contributed by atoms with E-state index < -0.39 is 0 Å². The average Bonchev–Trinajstić information content (AvgIpc) is 2.27. The highest BCUT2D eigenvalue weighted by atomic mass is 16.2. The van der Waals surface area contributed by atoms with E-state index in [1.165, 1.54) is 0 Å². The van der Waals surface area contributed by atoms with Crippen molar-refractivity contribution < 1.29 is 9.59 Å². The number of amides is 1. The van der Waals surface area contributed by atoms with Crippen LogP contribution >= 0.6 is 0 Å². The summed E-state index contributed by atoms with van der Waals surface area (Å²) in [6.07, 6.45) is 0.496. The van der Waals surface area contributed by atoms with Crippen molar-refractivity contribution in [1.29, 1.82) is 0 Å². The molecule has 0 atom stereocenters. The number of carbonyl (C=O) groups is 2. The molecule has 1 aromatic carbocycles. The zero-order valence-corrected chi connectivity index (χ0v) is 12.5. The first-order chi connectivity index (χ1) is 8.69. The van der Waals surface area contributed by atoms with Gasteiger partial charge in [0.25, 0.3) is 0 Å². The highest BCUT2D eigenvalue weighted by Gasteiger charge is 2.16. The van der Waals surface area contributed by atoms with E-state index in [1.54, 1.807) is 0 Å². The lowest BCUT2D eigenvalue weighted by Crippen LogP contribution is -2.40. The molecule has 1 N–H and O–H groups in total. The van der Waals surface area contributed by atoms with Crippen molar-refractivity contribution >= 4 is 11.7 Å². The maximum atomic E-state index is 12.1. The molecular weight excluding hydrogens is 238 g/mol. The molecule has 0 saturated heterocycles.